The molecule has 0 aliphatic carbocycles. The van der Waals surface area contributed by atoms with Crippen molar-refractivity contribution in [3.8, 4) is 11.1 Å². The van der Waals surface area contributed by atoms with Gasteiger partial charge < -0.3 is 5.73 Å². The Kier molecular flexibility index (Phi) is 1.96. The van der Waals surface area contributed by atoms with Crippen LogP contribution in [-0.4, -0.2) is 4.98 Å². The predicted octanol–water partition coefficient (Wildman–Crippen LogP) is 2.13. The summed E-state index contributed by atoms with van der Waals surface area (Å²) >= 11 is 0. The zero-order valence-electron chi connectivity index (χ0n) is 7.07. The van der Waals surface area contributed by atoms with Crippen LogP contribution < -0.4 is 5.73 Å². The molecule has 2 rings (SSSR count). The number of hydrogen-bond acceptors (Lipinski definition) is 2. The Morgan fingerprint density at radius 1 is 1.00 bits per heavy atom. The molecule has 2 heteroatoms. The first-order chi connectivity index (χ1) is 6.36. The molecule has 0 atom stereocenters. The highest BCUT2D eigenvalue weighted by Gasteiger charge is 1.95. The molecule has 0 saturated carbocycles. The van der Waals surface area contributed by atoms with Crippen LogP contribution >= 0.6 is 0 Å². The normalized spacial score (nSPS) is 9.85. The van der Waals surface area contributed by atoms with E-state index in [0.29, 0.717) is 5.82 Å². The topological polar surface area (TPSA) is 38.9 Å². The second-order valence-electron chi connectivity index (χ2n) is 2.76. The van der Waals surface area contributed by atoms with E-state index in [4.69, 9.17) is 5.73 Å². The van der Waals surface area contributed by atoms with Crippen LogP contribution in [0.2, 0.25) is 0 Å². The van der Waals surface area contributed by atoms with Gasteiger partial charge in [0.15, 0.2) is 0 Å². The number of anilines is 1. The van der Waals surface area contributed by atoms with Gasteiger partial charge in [0, 0.05) is 11.8 Å². The maximum absolute atomic E-state index is 5.49. The Bertz CT molecular complexity index is 379. The summed E-state index contributed by atoms with van der Waals surface area (Å²) in [5.41, 5.74) is 7.69. The Balaban J connectivity index is 2.42. The number of rotatable bonds is 1. The highest BCUT2D eigenvalue weighted by atomic mass is 14.8. The van der Waals surface area contributed by atoms with E-state index in [1.54, 1.807) is 12.3 Å². The average molecular weight is 169 g/mol. The summed E-state index contributed by atoms with van der Waals surface area (Å²) in [5, 5.41) is 0. The van der Waals surface area contributed by atoms with Gasteiger partial charge in [-0.25, -0.2) is 4.98 Å². The van der Waals surface area contributed by atoms with Gasteiger partial charge >= 0.3 is 0 Å². The molecule has 63 valence electrons. The van der Waals surface area contributed by atoms with E-state index in [2.05, 4.69) is 11.1 Å². The van der Waals surface area contributed by atoms with Gasteiger partial charge in [-0.1, -0.05) is 24.3 Å². The Morgan fingerprint density at radius 2 is 1.77 bits per heavy atom. The molecule has 0 unspecified atom stereocenters. The van der Waals surface area contributed by atoms with E-state index >= 15 is 0 Å². The summed E-state index contributed by atoms with van der Waals surface area (Å²) in [7, 11) is 0. The molecule has 1 heterocycles. The standard InChI is InChI=1S/C11H9N2/c12-11-7-6-10(8-13-11)9-4-2-1-3-5-9/h2-8H,(H2,12,13). The molecule has 13 heavy (non-hydrogen) atoms. The maximum atomic E-state index is 5.49. The van der Waals surface area contributed by atoms with Gasteiger partial charge in [-0.15, -0.1) is 0 Å². The van der Waals surface area contributed by atoms with E-state index in [-0.39, 0.29) is 0 Å². The van der Waals surface area contributed by atoms with Gasteiger partial charge in [-0.3, -0.25) is 0 Å². The minimum atomic E-state index is 0.547. The molecule has 0 saturated heterocycles. The Labute approximate surface area is 77.0 Å². The van der Waals surface area contributed by atoms with Gasteiger partial charge in [-0.2, -0.15) is 0 Å². The summed E-state index contributed by atoms with van der Waals surface area (Å²) < 4.78 is 0. The molecular formula is C11H9N2. The summed E-state index contributed by atoms with van der Waals surface area (Å²) in [6.07, 6.45) is 1.77. The number of benzene rings is 1. The molecule has 0 aliphatic heterocycles. The van der Waals surface area contributed by atoms with E-state index < -0.39 is 0 Å². The van der Waals surface area contributed by atoms with Gasteiger partial charge in [0.05, 0.1) is 0 Å². The molecule has 1 aromatic carbocycles. The van der Waals surface area contributed by atoms with Crippen LogP contribution in [0.15, 0.2) is 42.6 Å². The molecule has 0 fully saturated rings. The molecular weight excluding hydrogens is 160 g/mol. The quantitative estimate of drug-likeness (QED) is 0.710. The minimum absolute atomic E-state index is 0.547. The van der Waals surface area contributed by atoms with E-state index in [9.17, 15) is 0 Å². The number of aromatic nitrogens is 1. The van der Waals surface area contributed by atoms with Gasteiger partial charge in [0.25, 0.3) is 0 Å². The summed E-state index contributed by atoms with van der Waals surface area (Å²) in [6, 6.07) is 14.5. The molecule has 0 aliphatic rings. The lowest BCUT2D eigenvalue weighted by Crippen LogP contribution is -1.88. The second-order valence-corrected chi connectivity index (χ2v) is 2.76. The van der Waals surface area contributed by atoms with Crippen LogP contribution in [0.5, 0.6) is 0 Å². The lowest BCUT2D eigenvalue weighted by molar-refractivity contribution is 1.34. The maximum Gasteiger partial charge on any atom is 0.123 e. The molecule has 2 N–H and O–H groups in total. The van der Waals surface area contributed by atoms with Crippen molar-refractivity contribution in [2.75, 3.05) is 5.73 Å². The van der Waals surface area contributed by atoms with Gasteiger partial charge in [-0.05, 0) is 23.8 Å². The van der Waals surface area contributed by atoms with E-state index in [0.717, 1.165) is 11.1 Å². The fraction of sp³-hybridized carbons (Fsp3) is 0. The second kappa shape index (κ2) is 3.27. The van der Waals surface area contributed by atoms with Crippen LogP contribution in [0, 0.1) is 6.07 Å². The minimum Gasteiger partial charge on any atom is -0.384 e. The van der Waals surface area contributed by atoms with E-state index in [1.165, 1.54) is 0 Å². The van der Waals surface area contributed by atoms with E-state index in [1.807, 2.05) is 30.3 Å². The number of pyridine rings is 1. The smallest absolute Gasteiger partial charge is 0.123 e. The van der Waals surface area contributed by atoms with Gasteiger partial charge in [0.2, 0.25) is 0 Å². The van der Waals surface area contributed by atoms with Crippen molar-refractivity contribution in [3.63, 3.8) is 0 Å². The zero-order chi connectivity index (χ0) is 9.10. The number of hydrogen-bond donors (Lipinski definition) is 1. The molecule has 0 spiro atoms. The number of nitrogen functional groups attached to an aromatic ring is 1. The Morgan fingerprint density at radius 3 is 2.38 bits per heavy atom. The van der Waals surface area contributed by atoms with Crippen molar-refractivity contribution < 1.29 is 0 Å². The number of nitrogens with zero attached hydrogens (tertiary/aromatic N) is 1. The first-order valence-electron chi connectivity index (χ1n) is 4.04. The molecule has 0 amide bonds. The molecule has 2 aromatic rings. The molecule has 1 aromatic heterocycles. The van der Waals surface area contributed by atoms with Gasteiger partial charge in [0.1, 0.15) is 5.82 Å². The first-order valence-corrected chi connectivity index (χ1v) is 4.04. The van der Waals surface area contributed by atoms with Crippen molar-refractivity contribution in [1.82, 2.24) is 4.98 Å². The fourth-order valence-corrected chi connectivity index (χ4v) is 1.16. The van der Waals surface area contributed by atoms with Crippen LogP contribution in [-0.2, 0) is 0 Å². The summed E-state index contributed by atoms with van der Waals surface area (Å²) in [6.45, 7) is 0. The van der Waals surface area contributed by atoms with Crippen LogP contribution in [0.1, 0.15) is 0 Å². The molecule has 1 radical (unpaired) electrons. The van der Waals surface area contributed by atoms with Crippen molar-refractivity contribution in [3.05, 3.63) is 48.7 Å². The van der Waals surface area contributed by atoms with Crippen molar-refractivity contribution in [1.29, 1.82) is 0 Å². The van der Waals surface area contributed by atoms with Crippen LogP contribution in [0.3, 0.4) is 0 Å². The third kappa shape index (κ3) is 1.67. The fourth-order valence-electron chi connectivity index (χ4n) is 1.16. The van der Waals surface area contributed by atoms with Crippen LogP contribution in [0.25, 0.3) is 11.1 Å². The Hall–Kier alpha value is -1.83. The third-order valence-electron chi connectivity index (χ3n) is 1.84. The summed E-state index contributed by atoms with van der Waals surface area (Å²) in [4.78, 5) is 4.02. The van der Waals surface area contributed by atoms with Crippen molar-refractivity contribution >= 4 is 5.82 Å². The molecule has 0 bridgehead atoms. The highest BCUT2D eigenvalue weighted by molar-refractivity contribution is 5.62. The molecule has 2 nitrogen and oxygen atoms in total. The lowest BCUT2D eigenvalue weighted by Gasteiger charge is -1.99. The highest BCUT2D eigenvalue weighted by Crippen LogP contribution is 2.17. The predicted molar refractivity (Wildman–Crippen MR) is 52.9 cm³/mol. The number of nitrogens with two attached hydrogens (primary N) is 1. The monoisotopic (exact) mass is 169 g/mol. The first kappa shape index (κ1) is 7.80. The SMILES string of the molecule is Nc1ccc(-c2cc[c]cc2)cn1. The third-order valence-corrected chi connectivity index (χ3v) is 1.84. The van der Waals surface area contributed by atoms with Crippen molar-refractivity contribution in [2.45, 2.75) is 0 Å². The van der Waals surface area contributed by atoms with Crippen molar-refractivity contribution in [2.24, 2.45) is 0 Å². The average Bonchev–Trinajstić information content (AvgIpc) is 2.20. The summed E-state index contributed by atoms with van der Waals surface area (Å²) in [5.74, 6) is 0.547. The largest absolute Gasteiger partial charge is 0.384 e. The zero-order valence-corrected chi connectivity index (χ0v) is 7.07. The lowest BCUT2D eigenvalue weighted by atomic mass is 10.1. The van der Waals surface area contributed by atoms with Crippen LogP contribution in [0.4, 0.5) is 5.82 Å².